The minimum atomic E-state index is -0.557. The van der Waals surface area contributed by atoms with Crippen molar-refractivity contribution in [3.63, 3.8) is 0 Å². The van der Waals surface area contributed by atoms with Gasteiger partial charge in [0.05, 0.1) is 0 Å². The van der Waals surface area contributed by atoms with Gasteiger partial charge in [0.1, 0.15) is 10.1 Å². The fourth-order valence-corrected chi connectivity index (χ4v) is 6.91. The van der Waals surface area contributed by atoms with Gasteiger partial charge in [-0.1, -0.05) is 47.6 Å². The van der Waals surface area contributed by atoms with Gasteiger partial charge in [-0.25, -0.2) is 14.8 Å². The molecule has 1 aliphatic heterocycles. The van der Waals surface area contributed by atoms with Crippen molar-refractivity contribution in [2.45, 2.75) is 72.9 Å². The van der Waals surface area contributed by atoms with E-state index in [2.05, 4.69) is 22.2 Å². The predicted molar refractivity (Wildman–Crippen MR) is 154 cm³/mol. The Morgan fingerprint density at radius 1 is 0.895 bits per heavy atom. The molecule has 9 nitrogen and oxygen atoms in total. The first-order valence-electron chi connectivity index (χ1n) is 12.0. The smallest absolute Gasteiger partial charge is 0.333 e. The van der Waals surface area contributed by atoms with Gasteiger partial charge in [0.2, 0.25) is 5.91 Å². The van der Waals surface area contributed by atoms with E-state index in [0.29, 0.717) is 23.2 Å². The quantitative estimate of drug-likeness (QED) is 0.239. The van der Waals surface area contributed by atoms with Crippen LogP contribution in [0.2, 0.25) is 0 Å². The third-order valence-electron chi connectivity index (χ3n) is 4.88. The number of hydroxylamine groups is 2. The number of carbonyl (C=O) groups excluding carboxylic acids is 4. The molecule has 3 heterocycles. The van der Waals surface area contributed by atoms with Crippen molar-refractivity contribution in [1.29, 1.82) is 0 Å². The highest BCUT2D eigenvalue weighted by molar-refractivity contribution is 8.77. The van der Waals surface area contributed by atoms with Crippen LogP contribution in [-0.4, -0.2) is 56.3 Å². The molecular weight excluding hydrogens is 565 g/mol. The number of aromatic nitrogens is 2. The maximum absolute atomic E-state index is 11.7. The number of amides is 3. The summed E-state index contributed by atoms with van der Waals surface area (Å²) in [5.74, 6) is -1.35. The van der Waals surface area contributed by atoms with Gasteiger partial charge in [0, 0.05) is 55.6 Å². The SMILES string of the molecule is CC(CCC(=O)ON1C(=O)CCC1=O)SSc1ccccn1.CNC(=O)CCC(C)SSc1ccccn1. The predicted octanol–water partition coefficient (Wildman–Crippen LogP) is 5.33. The summed E-state index contributed by atoms with van der Waals surface area (Å²) >= 11 is 0. The molecule has 206 valence electrons. The van der Waals surface area contributed by atoms with Gasteiger partial charge in [-0.05, 0) is 58.7 Å². The Hall–Kier alpha value is -2.22. The molecule has 0 radical (unpaired) electrons. The second-order valence-electron chi connectivity index (χ2n) is 8.11. The monoisotopic (exact) mass is 596 g/mol. The van der Waals surface area contributed by atoms with E-state index in [-0.39, 0.29) is 30.4 Å². The molecule has 2 atom stereocenters. The fraction of sp³-hybridized carbons (Fsp3) is 0.440. The van der Waals surface area contributed by atoms with Crippen molar-refractivity contribution in [3.05, 3.63) is 48.8 Å². The lowest BCUT2D eigenvalue weighted by Gasteiger charge is -2.13. The molecule has 1 fully saturated rings. The van der Waals surface area contributed by atoms with E-state index < -0.39 is 17.8 Å². The zero-order chi connectivity index (χ0) is 27.8. The minimum Gasteiger partial charge on any atom is -0.359 e. The van der Waals surface area contributed by atoms with Crippen LogP contribution in [0.25, 0.3) is 0 Å². The standard InChI is InChI=1S/C14H16N2O4S2.C11H16N2OS2/c1-10(21-22-11-4-2-3-9-15-11)5-8-14(19)20-16-12(17)6-7-13(16)18;1-9(6-7-10(14)12-2)15-16-11-5-3-4-8-13-11/h2-4,9-10H,5-8H2,1H3;3-5,8-9H,6-7H2,1-2H3,(H,12,14). The first kappa shape index (κ1) is 32.0. The van der Waals surface area contributed by atoms with Gasteiger partial charge < -0.3 is 10.2 Å². The van der Waals surface area contributed by atoms with Crippen molar-refractivity contribution in [3.8, 4) is 0 Å². The average molecular weight is 597 g/mol. The van der Waals surface area contributed by atoms with Crippen LogP contribution in [0.15, 0.2) is 58.8 Å². The van der Waals surface area contributed by atoms with Crippen molar-refractivity contribution in [1.82, 2.24) is 20.3 Å². The first-order valence-corrected chi connectivity index (χ1v) is 16.5. The van der Waals surface area contributed by atoms with E-state index in [1.165, 1.54) is 0 Å². The van der Waals surface area contributed by atoms with Gasteiger partial charge in [-0.3, -0.25) is 14.4 Å². The number of carbonyl (C=O) groups is 4. The Morgan fingerprint density at radius 3 is 1.84 bits per heavy atom. The molecule has 0 aromatic carbocycles. The van der Waals surface area contributed by atoms with Crippen LogP contribution in [0.3, 0.4) is 0 Å². The van der Waals surface area contributed by atoms with Crippen LogP contribution < -0.4 is 5.32 Å². The molecule has 2 aromatic heterocycles. The van der Waals surface area contributed by atoms with Crippen molar-refractivity contribution >= 4 is 66.9 Å². The molecule has 38 heavy (non-hydrogen) atoms. The largest absolute Gasteiger partial charge is 0.359 e. The van der Waals surface area contributed by atoms with Gasteiger partial charge >= 0.3 is 5.97 Å². The summed E-state index contributed by atoms with van der Waals surface area (Å²) in [6, 6.07) is 11.6. The fourth-order valence-electron chi connectivity index (χ4n) is 2.74. The van der Waals surface area contributed by atoms with Gasteiger partial charge in [0.25, 0.3) is 11.8 Å². The second-order valence-corrected chi connectivity index (χ2v) is 13.4. The Bertz CT molecular complexity index is 1020. The third-order valence-corrected chi connectivity index (χ3v) is 10.6. The summed E-state index contributed by atoms with van der Waals surface area (Å²) in [6.07, 6.45) is 5.98. The molecule has 1 aliphatic rings. The Labute approximate surface area is 239 Å². The normalized spacial score (nSPS) is 14.3. The van der Waals surface area contributed by atoms with Gasteiger partial charge in [0.15, 0.2) is 0 Å². The molecule has 2 unspecified atom stereocenters. The average Bonchev–Trinajstić information content (AvgIpc) is 3.26. The zero-order valence-corrected chi connectivity index (χ0v) is 24.8. The highest BCUT2D eigenvalue weighted by Crippen LogP contribution is 2.35. The van der Waals surface area contributed by atoms with E-state index in [1.807, 2.05) is 43.3 Å². The van der Waals surface area contributed by atoms with Crippen LogP contribution in [0, 0.1) is 0 Å². The van der Waals surface area contributed by atoms with E-state index in [9.17, 15) is 19.2 Å². The summed E-state index contributed by atoms with van der Waals surface area (Å²) in [7, 11) is 8.25. The topological polar surface area (TPSA) is 119 Å². The van der Waals surface area contributed by atoms with E-state index in [0.717, 1.165) is 16.5 Å². The van der Waals surface area contributed by atoms with E-state index in [1.54, 1.807) is 62.6 Å². The highest BCUT2D eigenvalue weighted by atomic mass is 33.1. The third kappa shape index (κ3) is 13.0. The lowest BCUT2D eigenvalue weighted by molar-refractivity contribution is -0.197. The number of hydrogen-bond acceptors (Lipinski definition) is 11. The number of imide groups is 1. The Balaban J connectivity index is 0.000000281. The van der Waals surface area contributed by atoms with Crippen LogP contribution in [0.1, 0.15) is 52.4 Å². The second kappa shape index (κ2) is 18.1. The van der Waals surface area contributed by atoms with Crippen LogP contribution >= 0.6 is 43.2 Å². The summed E-state index contributed by atoms with van der Waals surface area (Å²) in [4.78, 5) is 58.6. The lowest BCUT2D eigenvalue weighted by Crippen LogP contribution is -2.32. The number of pyridine rings is 2. The zero-order valence-electron chi connectivity index (χ0n) is 21.5. The molecule has 0 spiro atoms. The molecule has 0 saturated carbocycles. The van der Waals surface area contributed by atoms with E-state index >= 15 is 0 Å². The summed E-state index contributed by atoms with van der Waals surface area (Å²) in [5, 5.41) is 5.80. The molecule has 0 aliphatic carbocycles. The first-order chi connectivity index (χ1) is 18.3. The molecule has 2 aromatic rings. The summed E-state index contributed by atoms with van der Waals surface area (Å²) in [6.45, 7) is 4.13. The number of nitrogens with zero attached hydrogens (tertiary/aromatic N) is 3. The highest BCUT2D eigenvalue weighted by Gasteiger charge is 2.32. The number of nitrogens with one attached hydrogen (secondary N) is 1. The van der Waals surface area contributed by atoms with Crippen LogP contribution in [0.4, 0.5) is 0 Å². The molecule has 13 heteroatoms. The molecule has 3 rings (SSSR count). The van der Waals surface area contributed by atoms with Crippen molar-refractivity contribution < 1.29 is 24.0 Å². The maximum Gasteiger partial charge on any atom is 0.333 e. The van der Waals surface area contributed by atoms with Crippen LogP contribution in [0.5, 0.6) is 0 Å². The van der Waals surface area contributed by atoms with Gasteiger partial charge in [-0.2, -0.15) is 0 Å². The van der Waals surface area contributed by atoms with Gasteiger partial charge in [-0.15, -0.1) is 5.06 Å². The Kier molecular flexibility index (Phi) is 15.3. The Morgan fingerprint density at radius 2 is 1.39 bits per heavy atom. The summed E-state index contributed by atoms with van der Waals surface area (Å²) in [5.41, 5.74) is 0. The molecule has 1 saturated heterocycles. The number of rotatable bonds is 13. The lowest BCUT2D eigenvalue weighted by atomic mass is 10.2. The maximum atomic E-state index is 11.7. The summed E-state index contributed by atoms with van der Waals surface area (Å²) < 4.78 is 0. The molecule has 0 bridgehead atoms. The van der Waals surface area contributed by atoms with E-state index in [4.69, 9.17) is 4.84 Å². The van der Waals surface area contributed by atoms with Crippen LogP contribution in [-0.2, 0) is 24.0 Å². The molecule has 3 amide bonds. The molecule has 1 N–H and O–H groups in total. The number of hydrogen-bond donors (Lipinski definition) is 1. The van der Waals surface area contributed by atoms with Crippen molar-refractivity contribution in [2.24, 2.45) is 0 Å². The van der Waals surface area contributed by atoms with Crippen molar-refractivity contribution in [2.75, 3.05) is 7.05 Å². The minimum absolute atomic E-state index is 0.107. The molecular formula is C25H32N4O5S4.